The average molecular weight is 292 g/mol. The average Bonchev–Trinajstić information content (AvgIpc) is 2.44. The molecule has 106 valence electrons. The van der Waals surface area contributed by atoms with E-state index < -0.39 is 0 Å². The molecule has 2 aromatic rings. The number of halogens is 1. The summed E-state index contributed by atoms with van der Waals surface area (Å²) in [6.45, 7) is 4.03. The maximum absolute atomic E-state index is 9.44. The molecule has 0 fully saturated rings. The van der Waals surface area contributed by atoms with Gasteiger partial charge in [0.05, 0.1) is 5.02 Å². The fourth-order valence-corrected chi connectivity index (χ4v) is 2.16. The van der Waals surface area contributed by atoms with Crippen LogP contribution in [-0.2, 0) is 13.2 Å². The highest BCUT2D eigenvalue weighted by atomic mass is 35.5. The number of nitrogens with one attached hydrogen (secondary N) is 1. The highest BCUT2D eigenvalue weighted by Gasteiger charge is 2.08. The highest BCUT2D eigenvalue weighted by molar-refractivity contribution is 6.32. The zero-order valence-electron chi connectivity index (χ0n) is 11.4. The molecule has 0 heterocycles. The molecule has 0 amide bonds. The predicted molar refractivity (Wildman–Crippen MR) is 81.3 cm³/mol. The van der Waals surface area contributed by atoms with Gasteiger partial charge >= 0.3 is 0 Å². The predicted octanol–water partition coefficient (Wildman–Crippen LogP) is 3.73. The quantitative estimate of drug-likeness (QED) is 0.852. The van der Waals surface area contributed by atoms with E-state index in [-0.39, 0.29) is 5.75 Å². The van der Waals surface area contributed by atoms with Gasteiger partial charge in [0.2, 0.25) is 0 Å². The van der Waals surface area contributed by atoms with Crippen molar-refractivity contribution in [1.82, 2.24) is 5.32 Å². The topological polar surface area (TPSA) is 41.5 Å². The second-order valence-corrected chi connectivity index (χ2v) is 4.87. The number of benzene rings is 2. The second kappa shape index (κ2) is 7.17. The maximum atomic E-state index is 9.44. The minimum Gasteiger partial charge on any atom is -0.508 e. The minimum atomic E-state index is 0.234. The lowest BCUT2D eigenvalue weighted by Gasteiger charge is -2.13. The molecule has 0 aliphatic rings. The van der Waals surface area contributed by atoms with Gasteiger partial charge in [-0.15, -0.1) is 0 Å². The zero-order valence-corrected chi connectivity index (χ0v) is 12.2. The molecule has 0 aliphatic carbocycles. The Balaban J connectivity index is 2.11. The zero-order chi connectivity index (χ0) is 14.4. The van der Waals surface area contributed by atoms with E-state index in [0.717, 1.165) is 17.7 Å². The first kappa shape index (κ1) is 14.7. The van der Waals surface area contributed by atoms with Crippen LogP contribution in [-0.4, -0.2) is 11.7 Å². The monoisotopic (exact) mass is 291 g/mol. The fraction of sp³-hybridized carbons (Fsp3) is 0.250. The Labute approximate surface area is 124 Å². The van der Waals surface area contributed by atoms with Gasteiger partial charge in [-0.05, 0) is 30.3 Å². The molecule has 4 heteroatoms. The van der Waals surface area contributed by atoms with E-state index in [2.05, 4.69) is 12.2 Å². The van der Waals surface area contributed by atoms with Gasteiger partial charge in [0.15, 0.2) is 0 Å². The Morgan fingerprint density at radius 1 is 1.20 bits per heavy atom. The van der Waals surface area contributed by atoms with Crippen molar-refractivity contribution >= 4 is 11.6 Å². The first-order chi connectivity index (χ1) is 9.70. The van der Waals surface area contributed by atoms with Crippen molar-refractivity contribution in [3.63, 3.8) is 0 Å². The molecular weight excluding hydrogens is 274 g/mol. The molecule has 2 aromatic carbocycles. The van der Waals surface area contributed by atoms with Crippen LogP contribution in [0.1, 0.15) is 18.1 Å². The summed E-state index contributed by atoms with van der Waals surface area (Å²) in [4.78, 5) is 0. The lowest BCUT2D eigenvalue weighted by molar-refractivity contribution is 0.301. The third-order valence-electron chi connectivity index (χ3n) is 2.91. The molecule has 0 atom stereocenters. The Hall–Kier alpha value is -1.71. The first-order valence-corrected chi connectivity index (χ1v) is 6.97. The number of rotatable bonds is 6. The fourth-order valence-electron chi connectivity index (χ4n) is 1.92. The standard InChI is InChI=1S/C16H18ClNO2/c1-2-18-10-13-6-4-8-15(17)16(13)20-11-12-5-3-7-14(19)9-12/h3-9,18-19H,2,10-11H2,1H3. The summed E-state index contributed by atoms with van der Waals surface area (Å²) in [6.07, 6.45) is 0. The highest BCUT2D eigenvalue weighted by Crippen LogP contribution is 2.29. The summed E-state index contributed by atoms with van der Waals surface area (Å²) in [5.41, 5.74) is 1.93. The van der Waals surface area contributed by atoms with E-state index in [9.17, 15) is 5.11 Å². The van der Waals surface area contributed by atoms with Crippen LogP contribution in [0.2, 0.25) is 5.02 Å². The van der Waals surface area contributed by atoms with Gasteiger partial charge in [-0.3, -0.25) is 0 Å². The molecule has 2 rings (SSSR count). The third-order valence-corrected chi connectivity index (χ3v) is 3.21. The summed E-state index contributed by atoms with van der Waals surface area (Å²) in [5, 5.41) is 13.3. The van der Waals surface area contributed by atoms with Gasteiger partial charge in [-0.2, -0.15) is 0 Å². The van der Waals surface area contributed by atoms with E-state index >= 15 is 0 Å². The van der Waals surface area contributed by atoms with Crippen LogP contribution < -0.4 is 10.1 Å². The molecular formula is C16H18ClNO2. The van der Waals surface area contributed by atoms with Crippen molar-refractivity contribution in [2.45, 2.75) is 20.1 Å². The molecule has 0 unspecified atom stereocenters. The van der Waals surface area contributed by atoms with Crippen LogP contribution >= 0.6 is 11.6 Å². The van der Waals surface area contributed by atoms with Crippen LogP contribution in [0, 0.1) is 0 Å². The number of aromatic hydroxyl groups is 1. The normalized spacial score (nSPS) is 10.5. The number of hydrogen-bond donors (Lipinski definition) is 2. The molecule has 0 spiro atoms. The SMILES string of the molecule is CCNCc1cccc(Cl)c1OCc1cccc(O)c1. The Morgan fingerprint density at radius 2 is 2.00 bits per heavy atom. The maximum Gasteiger partial charge on any atom is 0.142 e. The van der Waals surface area contributed by atoms with E-state index in [1.807, 2.05) is 24.3 Å². The Morgan fingerprint density at radius 3 is 2.75 bits per heavy atom. The van der Waals surface area contributed by atoms with Gasteiger partial charge in [-0.25, -0.2) is 0 Å². The molecule has 0 saturated heterocycles. The molecule has 0 aliphatic heterocycles. The van der Waals surface area contributed by atoms with Crippen molar-refractivity contribution in [2.75, 3.05) is 6.54 Å². The van der Waals surface area contributed by atoms with Crippen LogP contribution in [0.5, 0.6) is 11.5 Å². The number of phenols is 1. The van der Waals surface area contributed by atoms with Crippen LogP contribution in [0.25, 0.3) is 0 Å². The van der Waals surface area contributed by atoms with Crippen LogP contribution in [0.4, 0.5) is 0 Å². The summed E-state index contributed by atoms with van der Waals surface area (Å²) in [7, 11) is 0. The molecule has 3 nitrogen and oxygen atoms in total. The summed E-state index contributed by atoms with van der Waals surface area (Å²) >= 11 is 6.20. The molecule has 2 N–H and O–H groups in total. The smallest absolute Gasteiger partial charge is 0.142 e. The molecule has 0 bridgehead atoms. The van der Waals surface area contributed by atoms with Gasteiger partial charge in [0.1, 0.15) is 18.1 Å². The van der Waals surface area contributed by atoms with E-state index in [0.29, 0.717) is 23.9 Å². The van der Waals surface area contributed by atoms with Crippen molar-refractivity contribution in [1.29, 1.82) is 0 Å². The van der Waals surface area contributed by atoms with Gasteiger partial charge in [0.25, 0.3) is 0 Å². The Bertz CT molecular complexity index is 572. The Kier molecular flexibility index (Phi) is 5.27. The van der Waals surface area contributed by atoms with Crippen molar-refractivity contribution in [3.05, 3.63) is 58.6 Å². The van der Waals surface area contributed by atoms with E-state index in [1.54, 1.807) is 18.2 Å². The van der Waals surface area contributed by atoms with Crippen molar-refractivity contribution in [3.8, 4) is 11.5 Å². The lowest BCUT2D eigenvalue weighted by atomic mass is 10.2. The third kappa shape index (κ3) is 3.89. The molecule has 0 aromatic heterocycles. The van der Waals surface area contributed by atoms with Crippen LogP contribution in [0.3, 0.4) is 0 Å². The first-order valence-electron chi connectivity index (χ1n) is 6.59. The lowest BCUT2D eigenvalue weighted by Crippen LogP contribution is -2.13. The summed E-state index contributed by atoms with van der Waals surface area (Å²) in [5.74, 6) is 0.927. The van der Waals surface area contributed by atoms with E-state index in [4.69, 9.17) is 16.3 Å². The van der Waals surface area contributed by atoms with E-state index in [1.165, 1.54) is 0 Å². The molecule has 20 heavy (non-hydrogen) atoms. The number of para-hydroxylation sites is 1. The molecule has 0 saturated carbocycles. The summed E-state index contributed by atoms with van der Waals surface area (Å²) < 4.78 is 5.82. The van der Waals surface area contributed by atoms with Crippen molar-refractivity contribution in [2.24, 2.45) is 0 Å². The van der Waals surface area contributed by atoms with Gasteiger partial charge < -0.3 is 15.2 Å². The van der Waals surface area contributed by atoms with Crippen LogP contribution in [0.15, 0.2) is 42.5 Å². The number of phenolic OH excluding ortho intramolecular Hbond substituents is 1. The van der Waals surface area contributed by atoms with Gasteiger partial charge in [0, 0.05) is 12.1 Å². The molecule has 0 radical (unpaired) electrons. The summed E-state index contributed by atoms with van der Waals surface area (Å²) in [6, 6.07) is 12.7. The van der Waals surface area contributed by atoms with Gasteiger partial charge in [-0.1, -0.05) is 42.8 Å². The number of ether oxygens (including phenoxy) is 1. The minimum absolute atomic E-state index is 0.234. The number of hydrogen-bond acceptors (Lipinski definition) is 3. The van der Waals surface area contributed by atoms with Crippen molar-refractivity contribution < 1.29 is 9.84 Å². The largest absolute Gasteiger partial charge is 0.508 e. The second-order valence-electron chi connectivity index (χ2n) is 4.47.